The van der Waals surface area contributed by atoms with Gasteiger partial charge in [0.05, 0.1) is 5.69 Å². The van der Waals surface area contributed by atoms with Crippen molar-refractivity contribution in [2.75, 3.05) is 5.32 Å². The largest absolute Gasteiger partial charge is 0.324 e. The molecule has 3 heterocycles. The summed E-state index contributed by atoms with van der Waals surface area (Å²) in [5.74, 6) is 0.352. The summed E-state index contributed by atoms with van der Waals surface area (Å²) in [6.07, 6.45) is 8.40. The van der Waals surface area contributed by atoms with E-state index in [0.29, 0.717) is 17.3 Å². The lowest BCUT2D eigenvalue weighted by Crippen LogP contribution is -2.29. The molecule has 0 spiro atoms. The van der Waals surface area contributed by atoms with Gasteiger partial charge in [-0.2, -0.15) is 10.2 Å². The first-order valence-electron chi connectivity index (χ1n) is 8.95. The molecule has 0 aliphatic heterocycles. The van der Waals surface area contributed by atoms with Gasteiger partial charge in [-0.05, 0) is 42.9 Å². The van der Waals surface area contributed by atoms with Gasteiger partial charge in [0.2, 0.25) is 5.91 Å². The Hall–Kier alpha value is -3.29. The average molecular weight is 364 g/mol. The van der Waals surface area contributed by atoms with Gasteiger partial charge in [0.25, 0.3) is 5.56 Å². The molecular formula is C19H20N6O2. The van der Waals surface area contributed by atoms with Crippen molar-refractivity contribution in [2.45, 2.75) is 32.7 Å². The average Bonchev–Trinajstić information content (AvgIpc) is 3.12. The second-order valence-electron chi connectivity index (χ2n) is 6.85. The molecule has 3 aromatic heterocycles. The van der Waals surface area contributed by atoms with Crippen LogP contribution in [0.4, 0.5) is 5.69 Å². The number of aromatic nitrogens is 5. The summed E-state index contributed by atoms with van der Waals surface area (Å²) in [6, 6.07) is 6.64. The molecule has 1 aliphatic carbocycles. The molecule has 138 valence electrons. The topological polar surface area (TPSA) is 94.2 Å². The Balaban J connectivity index is 1.50. The Morgan fingerprint density at radius 2 is 2.22 bits per heavy atom. The zero-order valence-electron chi connectivity index (χ0n) is 15.0. The summed E-state index contributed by atoms with van der Waals surface area (Å²) >= 11 is 0. The van der Waals surface area contributed by atoms with Gasteiger partial charge < -0.3 is 5.32 Å². The number of carbonyl (C=O) groups is 1. The maximum Gasteiger partial charge on any atom is 0.267 e. The predicted molar refractivity (Wildman–Crippen MR) is 101 cm³/mol. The first-order valence-corrected chi connectivity index (χ1v) is 8.95. The lowest BCUT2D eigenvalue weighted by atomic mass is 9.90. The van der Waals surface area contributed by atoms with E-state index < -0.39 is 0 Å². The Kier molecular flexibility index (Phi) is 4.53. The van der Waals surface area contributed by atoms with E-state index in [1.807, 2.05) is 0 Å². The van der Waals surface area contributed by atoms with Crippen molar-refractivity contribution >= 4 is 22.8 Å². The Morgan fingerprint density at radius 1 is 1.33 bits per heavy atom. The third kappa shape index (κ3) is 3.79. The first-order chi connectivity index (χ1) is 13.1. The van der Waals surface area contributed by atoms with Crippen LogP contribution in [0.3, 0.4) is 0 Å². The fourth-order valence-corrected chi connectivity index (χ4v) is 3.16. The van der Waals surface area contributed by atoms with Gasteiger partial charge in [-0.1, -0.05) is 13.0 Å². The smallest absolute Gasteiger partial charge is 0.267 e. The highest BCUT2D eigenvalue weighted by Crippen LogP contribution is 2.28. The fraction of sp³-hybridized carbons (Fsp3) is 0.316. The normalized spacial score (nSPS) is 16.9. The molecule has 0 radical (unpaired) electrons. The molecule has 4 rings (SSSR count). The number of nitrogens with zero attached hydrogens (tertiary/aromatic N) is 5. The number of carbonyl (C=O) groups excluding carboxylic acids is 1. The quantitative estimate of drug-likeness (QED) is 0.765. The summed E-state index contributed by atoms with van der Waals surface area (Å²) in [7, 11) is 0. The van der Waals surface area contributed by atoms with Gasteiger partial charge in [0, 0.05) is 24.0 Å². The van der Waals surface area contributed by atoms with Gasteiger partial charge in [-0.15, -0.1) is 0 Å². The molecule has 1 atom stereocenters. The van der Waals surface area contributed by atoms with Gasteiger partial charge in [0.1, 0.15) is 12.9 Å². The van der Waals surface area contributed by atoms with Crippen LogP contribution in [0.2, 0.25) is 0 Å². The Labute approximate surface area is 155 Å². The molecule has 27 heavy (non-hydrogen) atoms. The van der Waals surface area contributed by atoms with Crippen molar-refractivity contribution in [3.05, 3.63) is 58.9 Å². The molecule has 8 heteroatoms. The summed E-state index contributed by atoms with van der Waals surface area (Å²) < 4.78 is 2.81. The van der Waals surface area contributed by atoms with Crippen LogP contribution in [0, 0.1) is 5.92 Å². The van der Waals surface area contributed by atoms with Crippen molar-refractivity contribution < 1.29 is 4.79 Å². The summed E-state index contributed by atoms with van der Waals surface area (Å²) in [6.45, 7) is 2.08. The molecule has 8 nitrogen and oxygen atoms in total. The Bertz CT molecular complexity index is 1080. The molecule has 0 aromatic carbocycles. The highest BCUT2D eigenvalue weighted by atomic mass is 16.2. The number of rotatable bonds is 4. The van der Waals surface area contributed by atoms with Crippen molar-refractivity contribution in [3.8, 4) is 0 Å². The number of fused-ring (bicyclic) bond motifs is 1. The summed E-state index contributed by atoms with van der Waals surface area (Å²) in [4.78, 5) is 28.6. The number of nitrogens with one attached hydrogen (secondary N) is 1. The first kappa shape index (κ1) is 17.1. The van der Waals surface area contributed by atoms with Crippen LogP contribution in [0.15, 0.2) is 47.7 Å². The lowest BCUT2D eigenvalue weighted by molar-refractivity contribution is -0.117. The molecular weight excluding hydrogens is 344 g/mol. The highest BCUT2D eigenvalue weighted by molar-refractivity contribution is 5.90. The van der Waals surface area contributed by atoms with E-state index in [4.69, 9.17) is 0 Å². The van der Waals surface area contributed by atoms with Crippen molar-refractivity contribution in [2.24, 2.45) is 5.92 Å². The molecule has 0 bridgehead atoms. The molecule has 1 N–H and O–H groups in total. The number of anilines is 1. The number of hydrogen-bond acceptors (Lipinski definition) is 5. The van der Waals surface area contributed by atoms with Crippen LogP contribution in [-0.4, -0.2) is 30.3 Å². The van der Waals surface area contributed by atoms with Crippen LogP contribution in [0.1, 0.15) is 31.9 Å². The SMILES string of the molecule is C[C@@H]1CC=C(c2ccc(=O)n(CC(=O)Nc3ccn4ncnc4c3)n2)CC1. The molecule has 0 fully saturated rings. The number of pyridine rings is 1. The van der Waals surface area contributed by atoms with Crippen LogP contribution in [0.25, 0.3) is 11.2 Å². The molecule has 0 saturated heterocycles. The zero-order valence-corrected chi connectivity index (χ0v) is 15.0. The van der Waals surface area contributed by atoms with Crippen molar-refractivity contribution in [1.82, 2.24) is 24.4 Å². The highest BCUT2D eigenvalue weighted by Gasteiger charge is 2.14. The van der Waals surface area contributed by atoms with Crippen molar-refractivity contribution in [1.29, 1.82) is 0 Å². The van der Waals surface area contributed by atoms with Gasteiger partial charge in [-0.25, -0.2) is 14.2 Å². The van der Waals surface area contributed by atoms with Crippen LogP contribution < -0.4 is 10.9 Å². The molecule has 0 saturated carbocycles. The minimum Gasteiger partial charge on any atom is -0.324 e. The van der Waals surface area contributed by atoms with E-state index in [1.54, 1.807) is 28.9 Å². The third-order valence-electron chi connectivity index (χ3n) is 4.73. The van der Waals surface area contributed by atoms with E-state index in [0.717, 1.165) is 30.5 Å². The van der Waals surface area contributed by atoms with E-state index in [1.165, 1.54) is 17.1 Å². The van der Waals surface area contributed by atoms with E-state index in [2.05, 4.69) is 33.5 Å². The van der Waals surface area contributed by atoms with E-state index in [9.17, 15) is 9.59 Å². The van der Waals surface area contributed by atoms with E-state index >= 15 is 0 Å². The van der Waals surface area contributed by atoms with Crippen LogP contribution in [0.5, 0.6) is 0 Å². The Morgan fingerprint density at radius 3 is 3.04 bits per heavy atom. The summed E-state index contributed by atoms with van der Waals surface area (Å²) in [5.41, 5.74) is 2.82. The second-order valence-corrected chi connectivity index (χ2v) is 6.85. The van der Waals surface area contributed by atoms with Gasteiger partial charge in [0.15, 0.2) is 5.65 Å². The summed E-state index contributed by atoms with van der Waals surface area (Å²) in [5, 5.41) is 11.2. The van der Waals surface area contributed by atoms with Gasteiger partial charge >= 0.3 is 0 Å². The number of allylic oxidation sites excluding steroid dienone is 2. The minimum absolute atomic E-state index is 0.145. The van der Waals surface area contributed by atoms with Crippen LogP contribution in [-0.2, 0) is 11.3 Å². The maximum atomic E-state index is 12.4. The number of hydrogen-bond donors (Lipinski definition) is 1. The molecule has 1 amide bonds. The predicted octanol–water partition coefficient (Wildman–Crippen LogP) is 2.13. The lowest BCUT2D eigenvalue weighted by Gasteiger charge is -2.18. The monoisotopic (exact) mass is 364 g/mol. The standard InChI is InChI=1S/C19H20N6O2/c1-13-2-4-14(5-3-13)16-6-7-19(27)25(23-16)11-18(26)22-15-8-9-24-17(10-15)20-12-21-24/h4,6-10,12-13H,2-3,5,11H2,1H3,(H,22,26)/t13-/m1/s1. The second kappa shape index (κ2) is 7.14. The zero-order chi connectivity index (χ0) is 18.8. The van der Waals surface area contributed by atoms with E-state index in [-0.39, 0.29) is 18.0 Å². The minimum atomic E-state index is -0.322. The molecule has 0 unspecified atom stereocenters. The van der Waals surface area contributed by atoms with Crippen LogP contribution >= 0.6 is 0 Å². The third-order valence-corrected chi connectivity index (χ3v) is 4.73. The van der Waals surface area contributed by atoms with Crippen molar-refractivity contribution in [3.63, 3.8) is 0 Å². The fourth-order valence-electron chi connectivity index (χ4n) is 3.16. The van der Waals surface area contributed by atoms with Gasteiger partial charge in [-0.3, -0.25) is 9.59 Å². The molecule has 3 aromatic rings. The maximum absolute atomic E-state index is 12.4. The molecule has 1 aliphatic rings. The number of amides is 1.